The molecule has 0 amide bonds. The summed E-state index contributed by atoms with van der Waals surface area (Å²) in [4.78, 5) is 24.4. The first-order chi connectivity index (χ1) is 12.1. The van der Waals surface area contributed by atoms with Crippen LogP contribution in [-0.4, -0.2) is 33.5 Å². The Balaban J connectivity index is 1.78. The van der Waals surface area contributed by atoms with E-state index in [2.05, 4.69) is 6.92 Å². The second-order valence-corrected chi connectivity index (χ2v) is 10.0. The maximum Gasteiger partial charge on any atom is 0.162 e. The SMILES string of the molecule is CC(=O)[C@@]1(O)C(C)C[C@H]2[C@@H]3CCC4=CC(=O)CC[C@]4(C)[C@H]3C(O)C[C@@]21C. The lowest BCUT2D eigenvalue weighted by Crippen LogP contribution is -2.62. The maximum absolute atomic E-state index is 12.5. The average molecular weight is 360 g/mol. The summed E-state index contributed by atoms with van der Waals surface area (Å²) < 4.78 is 0. The largest absolute Gasteiger partial charge is 0.393 e. The molecule has 4 rings (SSSR count). The van der Waals surface area contributed by atoms with E-state index in [1.54, 1.807) is 0 Å². The summed E-state index contributed by atoms with van der Waals surface area (Å²) in [5, 5.41) is 22.7. The number of aliphatic hydroxyl groups excluding tert-OH is 1. The lowest BCUT2D eigenvalue weighted by Gasteiger charge is -2.60. The minimum atomic E-state index is -1.34. The van der Waals surface area contributed by atoms with Crippen LogP contribution < -0.4 is 0 Å². The zero-order valence-electron chi connectivity index (χ0n) is 16.4. The van der Waals surface area contributed by atoms with Gasteiger partial charge in [-0.3, -0.25) is 9.59 Å². The first-order valence-electron chi connectivity index (χ1n) is 10.2. The van der Waals surface area contributed by atoms with Gasteiger partial charge < -0.3 is 10.2 Å². The molecular weight excluding hydrogens is 328 g/mol. The molecule has 0 aromatic rings. The molecule has 2 N–H and O–H groups in total. The van der Waals surface area contributed by atoms with Gasteiger partial charge in [-0.15, -0.1) is 0 Å². The Labute approximate surface area is 156 Å². The Hall–Kier alpha value is -1.00. The second kappa shape index (κ2) is 5.51. The molecule has 2 unspecified atom stereocenters. The molecule has 3 saturated carbocycles. The predicted molar refractivity (Wildman–Crippen MR) is 98.3 cm³/mol. The highest BCUT2D eigenvalue weighted by atomic mass is 16.3. The third kappa shape index (κ3) is 2.03. The zero-order valence-corrected chi connectivity index (χ0v) is 16.4. The van der Waals surface area contributed by atoms with Crippen molar-refractivity contribution in [3.05, 3.63) is 11.6 Å². The zero-order chi connectivity index (χ0) is 19.1. The third-order valence-electron chi connectivity index (χ3n) is 9.01. The van der Waals surface area contributed by atoms with Crippen LogP contribution in [-0.2, 0) is 9.59 Å². The van der Waals surface area contributed by atoms with E-state index >= 15 is 0 Å². The van der Waals surface area contributed by atoms with E-state index in [4.69, 9.17) is 0 Å². The van der Waals surface area contributed by atoms with Crippen LogP contribution in [0.3, 0.4) is 0 Å². The fraction of sp³-hybridized carbons (Fsp3) is 0.818. The summed E-state index contributed by atoms with van der Waals surface area (Å²) in [6, 6.07) is 0. The van der Waals surface area contributed by atoms with Gasteiger partial charge in [0.2, 0.25) is 0 Å². The van der Waals surface area contributed by atoms with Gasteiger partial charge in [0.25, 0.3) is 0 Å². The van der Waals surface area contributed by atoms with E-state index in [9.17, 15) is 19.8 Å². The molecule has 144 valence electrons. The van der Waals surface area contributed by atoms with Crippen molar-refractivity contribution in [1.29, 1.82) is 0 Å². The summed E-state index contributed by atoms with van der Waals surface area (Å²) >= 11 is 0. The Morgan fingerprint density at radius 2 is 1.96 bits per heavy atom. The van der Waals surface area contributed by atoms with Crippen LogP contribution in [0.1, 0.15) is 66.2 Å². The number of carbonyl (C=O) groups excluding carboxylic acids is 2. The van der Waals surface area contributed by atoms with E-state index < -0.39 is 17.1 Å². The predicted octanol–water partition coefficient (Wildman–Crippen LogP) is 3.06. The summed E-state index contributed by atoms with van der Waals surface area (Å²) in [5.41, 5.74) is -0.826. The van der Waals surface area contributed by atoms with Gasteiger partial charge in [-0.05, 0) is 74.2 Å². The van der Waals surface area contributed by atoms with Crippen molar-refractivity contribution < 1.29 is 19.8 Å². The normalized spacial score (nSPS) is 53.4. The summed E-state index contributed by atoms with van der Waals surface area (Å²) in [6.45, 7) is 7.74. The maximum atomic E-state index is 12.5. The monoisotopic (exact) mass is 360 g/mol. The fourth-order valence-corrected chi connectivity index (χ4v) is 7.77. The summed E-state index contributed by atoms with van der Waals surface area (Å²) in [6.07, 6.45) is 5.82. The van der Waals surface area contributed by atoms with Gasteiger partial charge in [-0.25, -0.2) is 0 Å². The van der Waals surface area contributed by atoms with Gasteiger partial charge in [0.05, 0.1) is 6.10 Å². The van der Waals surface area contributed by atoms with Crippen molar-refractivity contribution in [2.24, 2.45) is 34.5 Å². The molecule has 0 aromatic heterocycles. The van der Waals surface area contributed by atoms with Crippen LogP contribution in [0.5, 0.6) is 0 Å². The third-order valence-corrected chi connectivity index (χ3v) is 9.01. The summed E-state index contributed by atoms with van der Waals surface area (Å²) in [5.74, 6) is 0.637. The van der Waals surface area contributed by atoms with Crippen LogP contribution in [0.15, 0.2) is 11.6 Å². The highest BCUT2D eigenvalue weighted by Gasteiger charge is 2.69. The van der Waals surface area contributed by atoms with Crippen molar-refractivity contribution in [3.63, 3.8) is 0 Å². The standard InChI is InChI=1S/C22H32O4/c1-12-9-17-16-6-5-14-10-15(24)7-8-20(14,3)19(16)18(25)11-21(17,4)22(12,26)13(2)23/h10,12,16-19,25-26H,5-9,11H2,1-4H3/t12?,16-,17-,18?,19+,20-,21-,22-/m0/s1. The second-order valence-electron chi connectivity index (χ2n) is 10.0. The number of fused-ring (bicyclic) bond motifs is 5. The van der Waals surface area contributed by atoms with Crippen LogP contribution in [0.4, 0.5) is 0 Å². The molecule has 3 fully saturated rings. The van der Waals surface area contributed by atoms with Crippen molar-refractivity contribution in [1.82, 2.24) is 0 Å². The van der Waals surface area contributed by atoms with E-state index in [1.165, 1.54) is 12.5 Å². The van der Waals surface area contributed by atoms with Gasteiger partial charge in [0.1, 0.15) is 5.60 Å². The lowest BCUT2D eigenvalue weighted by atomic mass is 9.45. The van der Waals surface area contributed by atoms with Crippen molar-refractivity contribution in [2.75, 3.05) is 0 Å². The van der Waals surface area contributed by atoms with Crippen LogP contribution in [0.2, 0.25) is 0 Å². The Morgan fingerprint density at radius 3 is 2.62 bits per heavy atom. The molecule has 0 bridgehead atoms. The molecule has 0 aromatic carbocycles. The summed E-state index contributed by atoms with van der Waals surface area (Å²) in [7, 11) is 0. The van der Waals surface area contributed by atoms with E-state index in [1.807, 2.05) is 19.9 Å². The van der Waals surface area contributed by atoms with Crippen LogP contribution in [0.25, 0.3) is 0 Å². The highest BCUT2D eigenvalue weighted by Crippen LogP contribution is 2.68. The molecule has 8 atom stereocenters. The van der Waals surface area contributed by atoms with Crippen molar-refractivity contribution in [3.8, 4) is 0 Å². The number of hydrogen-bond donors (Lipinski definition) is 2. The number of ketones is 2. The molecule has 0 spiro atoms. The molecular formula is C22H32O4. The number of carbonyl (C=O) groups is 2. The average Bonchev–Trinajstić information content (AvgIpc) is 2.76. The molecule has 0 saturated heterocycles. The van der Waals surface area contributed by atoms with Crippen LogP contribution in [0, 0.1) is 34.5 Å². The first-order valence-corrected chi connectivity index (χ1v) is 10.2. The quantitative estimate of drug-likeness (QED) is 0.754. The molecule has 4 heteroatoms. The van der Waals surface area contributed by atoms with E-state index in [-0.39, 0.29) is 34.7 Å². The topological polar surface area (TPSA) is 74.6 Å². The van der Waals surface area contributed by atoms with Gasteiger partial charge in [-0.2, -0.15) is 0 Å². The van der Waals surface area contributed by atoms with Crippen molar-refractivity contribution >= 4 is 11.6 Å². The number of rotatable bonds is 1. The van der Waals surface area contributed by atoms with Gasteiger partial charge >= 0.3 is 0 Å². The molecule has 0 aliphatic heterocycles. The highest BCUT2D eigenvalue weighted by molar-refractivity contribution is 5.91. The van der Waals surface area contributed by atoms with Gasteiger partial charge in [-0.1, -0.05) is 26.3 Å². The molecule has 0 heterocycles. The first kappa shape index (κ1) is 18.4. The number of hydrogen-bond acceptors (Lipinski definition) is 4. The number of Topliss-reactive ketones (excluding diaryl/α,β-unsaturated/α-hetero) is 1. The minimum absolute atomic E-state index is 0.0846. The molecule has 4 aliphatic carbocycles. The Kier molecular flexibility index (Phi) is 3.89. The lowest BCUT2D eigenvalue weighted by molar-refractivity contribution is -0.183. The van der Waals surface area contributed by atoms with Crippen molar-refractivity contribution in [2.45, 2.75) is 77.9 Å². The Bertz CT molecular complexity index is 696. The molecule has 0 radical (unpaired) electrons. The smallest absolute Gasteiger partial charge is 0.162 e. The van der Waals surface area contributed by atoms with Gasteiger partial charge in [0, 0.05) is 11.8 Å². The Morgan fingerprint density at radius 1 is 1.27 bits per heavy atom. The fourth-order valence-electron chi connectivity index (χ4n) is 7.77. The minimum Gasteiger partial charge on any atom is -0.393 e. The number of aliphatic hydroxyl groups is 2. The number of allylic oxidation sites excluding steroid dienone is 1. The molecule has 4 aliphatic rings. The van der Waals surface area contributed by atoms with Crippen LogP contribution >= 0.6 is 0 Å². The van der Waals surface area contributed by atoms with E-state index in [0.717, 1.165) is 25.7 Å². The van der Waals surface area contributed by atoms with Gasteiger partial charge in [0.15, 0.2) is 11.6 Å². The molecule has 4 nitrogen and oxygen atoms in total. The van der Waals surface area contributed by atoms with E-state index in [0.29, 0.717) is 18.8 Å². The molecule has 26 heavy (non-hydrogen) atoms.